The van der Waals surface area contributed by atoms with Crippen molar-refractivity contribution in [2.24, 2.45) is 0 Å². The van der Waals surface area contributed by atoms with Gasteiger partial charge in [-0.15, -0.1) is 0 Å². The predicted octanol–water partition coefficient (Wildman–Crippen LogP) is 10.7. The van der Waals surface area contributed by atoms with Gasteiger partial charge in [-0.3, -0.25) is 0 Å². The summed E-state index contributed by atoms with van der Waals surface area (Å²) in [5.74, 6) is 0. The van der Waals surface area contributed by atoms with Crippen LogP contribution in [0.2, 0.25) is 0 Å². The van der Waals surface area contributed by atoms with Gasteiger partial charge in [-0.2, -0.15) is 5.26 Å². The first-order valence-corrected chi connectivity index (χ1v) is 13.5. The zero-order valence-electron chi connectivity index (χ0n) is 23.0. The topological polar surface area (TPSA) is 31.4 Å². The largest absolute Gasteiger partial charge is 0.311 e. The molecule has 0 bridgehead atoms. The van der Waals surface area contributed by atoms with Crippen LogP contribution in [0.15, 0.2) is 115 Å². The van der Waals surface area contributed by atoms with E-state index in [1.807, 2.05) is 42.5 Å². The fraction of sp³-hybridized carbons (Fsp3) is 0.0526. The number of fused-ring (bicyclic) bond motifs is 2. The van der Waals surface area contributed by atoms with E-state index in [9.17, 15) is 5.26 Å². The lowest BCUT2D eigenvalue weighted by Crippen LogP contribution is -2.09. The Labute approximate surface area is 240 Å². The molecule has 0 aliphatic carbocycles. The van der Waals surface area contributed by atoms with Crippen LogP contribution in [0.25, 0.3) is 38.5 Å². The van der Waals surface area contributed by atoms with Crippen LogP contribution in [0.3, 0.4) is 0 Å². The summed E-state index contributed by atoms with van der Waals surface area (Å²) in [5, 5.41) is 13.2. The van der Waals surface area contributed by atoms with Crippen molar-refractivity contribution in [2.75, 3.05) is 4.90 Å². The van der Waals surface area contributed by atoms with Crippen molar-refractivity contribution in [1.29, 1.82) is 5.26 Å². The molecule has 0 spiro atoms. The first kappa shape index (κ1) is 25.6. The number of anilines is 3. The Kier molecular flexibility index (Phi) is 6.78. The highest BCUT2D eigenvalue weighted by Gasteiger charge is 2.14. The van der Waals surface area contributed by atoms with Gasteiger partial charge in [-0.1, -0.05) is 102 Å². The second kappa shape index (κ2) is 10.9. The number of hydrogen-bond acceptors (Lipinski definition) is 2. The van der Waals surface area contributed by atoms with Gasteiger partial charge in [0, 0.05) is 17.1 Å². The van der Waals surface area contributed by atoms with Gasteiger partial charge in [-0.25, -0.2) is 4.85 Å². The highest BCUT2D eigenvalue weighted by molar-refractivity contribution is 6.15. The van der Waals surface area contributed by atoms with E-state index in [-0.39, 0.29) is 0 Å². The van der Waals surface area contributed by atoms with Crippen molar-refractivity contribution < 1.29 is 0 Å². The molecule has 0 radical (unpaired) electrons. The van der Waals surface area contributed by atoms with E-state index in [2.05, 4.69) is 115 Å². The summed E-state index contributed by atoms with van der Waals surface area (Å²) in [4.78, 5) is 6.12. The molecule has 0 fully saturated rings. The zero-order chi connectivity index (χ0) is 28.3. The van der Waals surface area contributed by atoms with E-state index in [0.29, 0.717) is 11.3 Å². The van der Waals surface area contributed by atoms with Crippen LogP contribution in [0.1, 0.15) is 27.8 Å². The second-order valence-electron chi connectivity index (χ2n) is 10.2. The molecule has 0 unspecified atom stereocenters. The fourth-order valence-electron chi connectivity index (χ4n) is 5.28. The molecule has 6 rings (SSSR count). The molecule has 6 aromatic carbocycles. The SMILES string of the molecule is [C-]#[N+]c1c2ccccc2c(C#N)c2ccc(C=Cc3ccc(N(c4ccc(C)cc4)c4ccc(C)cc4)cc3)cc12. The Morgan fingerprint density at radius 3 is 1.66 bits per heavy atom. The monoisotopic (exact) mass is 525 g/mol. The highest BCUT2D eigenvalue weighted by Crippen LogP contribution is 2.39. The average Bonchev–Trinajstić information content (AvgIpc) is 3.01. The van der Waals surface area contributed by atoms with Gasteiger partial charge in [0.05, 0.1) is 12.1 Å². The maximum absolute atomic E-state index is 9.90. The Morgan fingerprint density at radius 2 is 1.10 bits per heavy atom. The Hall–Kier alpha value is -5.64. The minimum Gasteiger partial charge on any atom is -0.311 e. The number of nitriles is 1. The van der Waals surface area contributed by atoms with E-state index in [1.165, 1.54) is 11.1 Å². The normalized spacial score (nSPS) is 11.0. The van der Waals surface area contributed by atoms with Gasteiger partial charge in [0.25, 0.3) is 0 Å². The van der Waals surface area contributed by atoms with Gasteiger partial charge in [-0.05, 0) is 82.9 Å². The number of hydrogen-bond donors (Lipinski definition) is 0. The average molecular weight is 526 g/mol. The van der Waals surface area contributed by atoms with Crippen molar-refractivity contribution in [3.8, 4) is 6.07 Å². The van der Waals surface area contributed by atoms with Gasteiger partial charge in [0.2, 0.25) is 5.69 Å². The molecule has 0 aliphatic rings. The van der Waals surface area contributed by atoms with E-state index in [1.54, 1.807) is 0 Å². The standard InChI is InChI=1S/C38H27N3/c1-26-8-17-30(18-9-26)41(31-19-10-27(2)11-20-31)32-21-14-28(15-22-32)12-13-29-16-23-34-36(24-29)38(40-3)35-7-5-4-6-33(35)37(34)25-39/h4-24H,1-2H3. The molecule has 194 valence electrons. The Balaban J connectivity index is 1.34. The van der Waals surface area contributed by atoms with E-state index < -0.39 is 0 Å². The minimum absolute atomic E-state index is 0.585. The van der Waals surface area contributed by atoms with Gasteiger partial charge >= 0.3 is 0 Å². The Morgan fingerprint density at radius 1 is 0.610 bits per heavy atom. The molecule has 0 aliphatic heterocycles. The summed E-state index contributed by atoms with van der Waals surface area (Å²) in [6.07, 6.45) is 4.14. The van der Waals surface area contributed by atoms with Crippen molar-refractivity contribution in [3.63, 3.8) is 0 Å². The van der Waals surface area contributed by atoms with Crippen LogP contribution in [0, 0.1) is 31.8 Å². The third-order valence-corrected chi connectivity index (χ3v) is 7.45. The quantitative estimate of drug-likeness (QED) is 0.127. The molecule has 0 heterocycles. The van der Waals surface area contributed by atoms with Crippen LogP contribution in [0.5, 0.6) is 0 Å². The summed E-state index contributed by atoms with van der Waals surface area (Å²) < 4.78 is 0. The Bertz CT molecular complexity index is 1960. The second-order valence-corrected chi connectivity index (χ2v) is 10.2. The van der Waals surface area contributed by atoms with Gasteiger partial charge in [0.1, 0.15) is 6.07 Å². The molecule has 0 aromatic heterocycles. The molecule has 0 N–H and O–H groups in total. The molecule has 0 atom stereocenters. The molecule has 3 nitrogen and oxygen atoms in total. The first-order chi connectivity index (χ1) is 20.1. The lowest BCUT2D eigenvalue weighted by molar-refractivity contribution is 1.27. The van der Waals surface area contributed by atoms with Crippen LogP contribution in [-0.2, 0) is 0 Å². The van der Waals surface area contributed by atoms with Gasteiger partial charge < -0.3 is 4.90 Å². The van der Waals surface area contributed by atoms with Crippen molar-refractivity contribution in [1.82, 2.24) is 0 Å². The number of benzene rings is 6. The summed E-state index contributed by atoms with van der Waals surface area (Å²) in [7, 11) is 0. The predicted molar refractivity (Wildman–Crippen MR) is 172 cm³/mol. The van der Waals surface area contributed by atoms with E-state index in [0.717, 1.165) is 49.7 Å². The fourth-order valence-corrected chi connectivity index (χ4v) is 5.28. The minimum atomic E-state index is 0.585. The number of rotatable bonds is 5. The third-order valence-electron chi connectivity index (χ3n) is 7.45. The summed E-state index contributed by atoms with van der Waals surface area (Å²) in [5.41, 5.74) is 9.01. The van der Waals surface area contributed by atoms with Crippen molar-refractivity contribution >= 4 is 56.4 Å². The maximum atomic E-state index is 9.90. The molecule has 0 amide bonds. The lowest BCUT2D eigenvalue weighted by Gasteiger charge is -2.25. The van der Waals surface area contributed by atoms with Crippen LogP contribution in [0.4, 0.5) is 22.7 Å². The van der Waals surface area contributed by atoms with Crippen LogP contribution >= 0.6 is 0 Å². The lowest BCUT2D eigenvalue weighted by atomic mass is 9.94. The first-order valence-electron chi connectivity index (χ1n) is 13.5. The molecule has 41 heavy (non-hydrogen) atoms. The van der Waals surface area contributed by atoms with Crippen LogP contribution < -0.4 is 4.90 Å². The molecular formula is C38H27N3. The number of nitrogens with zero attached hydrogens (tertiary/aromatic N) is 3. The molecule has 0 saturated heterocycles. The van der Waals surface area contributed by atoms with Gasteiger partial charge in [0.15, 0.2) is 0 Å². The molecule has 6 aromatic rings. The molecular weight excluding hydrogens is 498 g/mol. The van der Waals surface area contributed by atoms with Crippen molar-refractivity contribution in [3.05, 3.63) is 154 Å². The summed E-state index contributed by atoms with van der Waals surface area (Å²) in [6, 6.07) is 41.7. The highest BCUT2D eigenvalue weighted by atomic mass is 15.1. The summed E-state index contributed by atoms with van der Waals surface area (Å²) in [6.45, 7) is 12.1. The maximum Gasteiger partial charge on any atom is 0.202 e. The van der Waals surface area contributed by atoms with E-state index >= 15 is 0 Å². The smallest absolute Gasteiger partial charge is 0.202 e. The summed E-state index contributed by atoms with van der Waals surface area (Å²) >= 11 is 0. The van der Waals surface area contributed by atoms with Crippen LogP contribution in [-0.4, -0.2) is 0 Å². The molecule has 3 heteroatoms. The van der Waals surface area contributed by atoms with Crippen molar-refractivity contribution in [2.45, 2.75) is 13.8 Å². The zero-order valence-corrected chi connectivity index (χ0v) is 23.0. The third kappa shape index (κ3) is 4.94. The number of aryl methyl sites for hydroxylation is 2. The molecule has 0 saturated carbocycles. The van der Waals surface area contributed by atoms with E-state index in [4.69, 9.17) is 6.57 Å².